The van der Waals surface area contributed by atoms with Crippen LogP contribution < -0.4 is 10.9 Å². The predicted molar refractivity (Wildman–Crippen MR) is 56.5 cm³/mol. The summed E-state index contributed by atoms with van der Waals surface area (Å²) in [5.74, 6) is 0.0986. The van der Waals surface area contributed by atoms with Gasteiger partial charge in [0.05, 0.1) is 0 Å². The van der Waals surface area contributed by atoms with Crippen LogP contribution in [0.1, 0.15) is 30.1 Å². The number of hydrogen-bond donors (Lipinski definition) is 0. The lowest BCUT2D eigenvalue weighted by Crippen LogP contribution is -2.16. The van der Waals surface area contributed by atoms with Crippen LogP contribution in [0.15, 0.2) is 18.2 Å². The Bertz CT molecular complexity index is 300. The van der Waals surface area contributed by atoms with E-state index in [0.717, 1.165) is 6.42 Å². The van der Waals surface area contributed by atoms with Crippen LogP contribution in [-0.4, -0.2) is 21.5 Å². The highest BCUT2D eigenvalue weighted by Gasteiger charge is 2.04. The smallest absolute Gasteiger partial charge is 0.162 e. The first-order valence-electron chi connectivity index (χ1n) is 4.32. The van der Waals surface area contributed by atoms with Crippen molar-refractivity contribution < 1.29 is 4.79 Å². The van der Waals surface area contributed by atoms with Gasteiger partial charge in [-0.1, -0.05) is 36.0 Å². The van der Waals surface area contributed by atoms with Gasteiger partial charge < -0.3 is 0 Å². The fourth-order valence-corrected chi connectivity index (χ4v) is 1.21. The summed E-state index contributed by atoms with van der Waals surface area (Å²) in [5, 5.41) is 0. The molecule has 1 aromatic carbocycles. The van der Waals surface area contributed by atoms with E-state index in [1.807, 2.05) is 6.92 Å². The number of benzene rings is 1. The average molecular weight is 168 g/mol. The van der Waals surface area contributed by atoms with Gasteiger partial charge >= 0.3 is 0 Å². The minimum absolute atomic E-state index is 0.0986. The fraction of sp³-hybridized carbons (Fsp3) is 0.300. The maximum absolute atomic E-state index is 11.4. The molecule has 3 heteroatoms. The number of Topliss-reactive ketones (excluding diaryl/α,β-unsaturated/α-hetero) is 1. The first-order valence-corrected chi connectivity index (χ1v) is 4.32. The van der Waals surface area contributed by atoms with Crippen molar-refractivity contribution in [1.82, 2.24) is 0 Å². The van der Waals surface area contributed by atoms with E-state index in [1.54, 1.807) is 18.2 Å². The highest BCUT2D eigenvalue weighted by atomic mass is 16.1. The molecule has 0 saturated carbocycles. The minimum atomic E-state index is 0.0986. The lowest BCUT2D eigenvalue weighted by molar-refractivity contribution is 0.0982. The number of ketones is 1. The highest BCUT2D eigenvalue weighted by Crippen LogP contribution is 2.01. The van der Waals surface area contributed by atoms with E-state index in [1.165, 1.54) is 0 Å². The molecule has 1 nitrogen and oxygen atoms in total. The second-order valence-electron chi connectivity index (χ2n) is 3.06. The molecule has 0 aliphatic rings. The molecule has 0 atom stereocenters. The molecule has 0 saturated heterocycles. The quantitative estimate of drug-likeness (QED) is 0.467. The molecule has 13 heavy (non-hydrogen) atoms. The van der Waals surface area contributed by atoms with Gasteiger partial charge in [-0.3, -0.25) is 4.79 Å². The zero-order valence-corrected chi connectivity index (χ0v) is 7.71. The summed E-state index contributed by atoms with van der Waals surface area (Å²) in [7, 11) is 11.1. The van der Waals surface area contributed by atoms with Crippen molar-refractivity contribution in [3.05, 3.63) is 23.8 Å². The Balaban J connectivity index is 2.94. The minimum Gasteiger partial charge on any atom is -0.294 e. The zero-order chi connectivity index (χ0) is 9.84. The van der Waals surface area contributed by atoms with E-state index >= 15 is 0 Å². The summed E-state index contributed by atoms with van der Waals surface area (Å²) in [6.45, 7) is 1.97. The van der Waals surface area contributed by atoms with E-state index in [4.69, 9.17) is 15.7 Å². The monoisotopic (exact) mass is 168 g/mol. The summed E-state index contributed by atoms with van der Waals surface area (Å²) in [6, 6.07) is 4.96. The lowest BCUT2D eigenvalue weighted by atomic mass is 9.84. The van der Waals surface area contributed by atoms with E-state index in [9.17, 15) is 4.79 Å². The van der Waals surface area contributed by atoms with Crippen LogP contribution >= 0.6 is 0 Å². The summed E-state index contributed by atoms with van der Waals surface area (Å²) in [4.78, 5) is 11.4. The maximum atomic E-state index is 11.4. The Morgan fingerprint density at radius 2 is 1.77 bits per heavy atom. The van der Waals surface area contributed by atoms with Gasteiger partial charge in [-0.2, -0.15) is 0 Å². The Morgan fingerprint density at radius 1 is 1.23 bits per heavy atom. The van der Waals surface area contributed by atoms with E-state index in [-0.39, 0.29) is 5.78 Å². The predicted octanol–water partition coefficient (Wildman–Crippen LogP) is 0.257. The number of carbonyl (C=O) groups excluding carboxylic acids is 1. The van der Waals surface area contributed by atoms with Gasteiger partial charge in [0.15, 0.2) is 5.78 Å². The second-order valence-corrected chi connectivity index (χ2v) is 3.06. The highest BCUT2D eigenvalue weighted by molar-refractivity contribution is 6.38. The van der Waals surface area contributed by atoms with Gasteiger partial charge in [-0.15, -0.1) is 0 Å². The molecule has 1 aromatic rings. The topological polar surface area (TPSA) is 17.1 Å². The van der Waals surface area contributed by atoms with Gasteiger partial charge in [-0.05, 0) is 6.42 Å². The van der Waals surface area contributed by atoms with Crippen LogP contribution in [0, 0.1) is 0 Å². The van der Waals surface area contributed by atoms with Gasteiger partial charge in [-0.25, -0.2) is 0 Å². The van der Waals surface area contributed by atoms with Crippen molar-refractivity contribution in [3.8, 4) is 0 Å². The first-order chi connectivity index (χ1) is 6.13. The molecule has 0 aliphatic carbocycles. The van der Waals surface area contributed by atoms with E-state index < -0.39 is 0 Å². The van der Waals surface area contributed by atoms with Crippen molar-refractivity contribution >= 4 is 32.4 Å². The number of hydrogen-bond acceptors (Lipinski definition) is 1. The maximum Gasteiger partial charge on any atom is 0.162 e. The standard InChI is InChI=1S/C10H10B2O/c1-2-3-10(13)7-4-8(11)6-9(12)5-7/h4-6H,2-3H2,1H3. The van der Waals surface area contributed by atoms with Crippen LogP contribution in [0.4, 0.5) is 0 Å². The zero-order valence-electron chi connectivity index (χ0n) is 7.71. The van der Waals surface area contributed by atoms with Crippen molar-refractivity contribution in [2.45, 2.75) is 19.8 Å². The van der Waals surface area contributed by atoms with Crippen molar-refractivity contribution in [1.29, 1.82) is 0 Å². The third kappa shape index (κ3) is 2.76. The molecular formula is C10H10B2O. The van der Waals surface area contributed by atoms with E-state index in [2.05, 4.69) is 0 Å². The molecule has 0 unspecified atom stereocenters. The number of carbonyl (C=O) groups is 1. The molecule has 62 valence electrons. The van der Waals surface area contributed by atoms with Gasteiger partial charge in [0, 0.05) is 12.0 Å². The SMILES string of the molecule is [B]c1cc([B])cc(C(=O)CCC)c1. The second kappa shape index (κ2) is 4.31. The van der Waals surface area contributed by atoms with Crippen molar-refractivity contribution in [2.75, 3.05) is 0 Å². The molecular weight excluding hydrogens is 158 g/mol. The molecule has 0 fully saturated rings. The largest absolute Gasteiger partial charge is 0.294 e. The fourth-order valence-electron chi connectivity index (χ4n) is 1.21. The van der Waals surface area contributed by atoms with Crippen molar-refractivity contribution in [3.63, 3.8) is 0 Å². The third-order valence-corrected chi connectivity index (χ3v) is 1.78. The molecule has 0 aliphatic heterocycles. The van der Waals surface area contributed by atoms with Crippen LogP contribution in [0.3, 0.4) is 0 Å². The molecule has 1 rings (SSSR count). The van der Waals surface area contributed by atoms with Crippen LogP contribution in [0.5, 0.6) is 0 Å². The molecule has 0 N–H and O–H groups in total. The van der Waals surface area contributed by atoms with E-state index in [0.29, 0.717) is 22.9 Å². The molecule has 0 heterocycles. The van der Waals surface area contributed by atoms with Crippen molar-refractivity contribution in [2.24, 2.45) is 0 Å². The summed E-state index contributed by atoms with van der Waals surface area (Å²) >= 11 is 0. The lowest BCUT2D eigenvalue weighted by Gasteiger charge is -2.03. The third-order valence-electron chi connectivity index (χ3n) is 1.78. The van der Waals surface area contributed by atoms with Gasteiger partial charge in [0.25, 0.3) is 0 Å². The summed E-state index contributed by atoms with van der Waals surface area (Å²) < 4.78 is 0. The van der Waals surface area contributed by atoms with Gasteiger partial charge in [0.2, 0.25) is 0 Å². The molecule has 0 spiro atoms. The number of rotatable bonds is 3. The Labute approximate surface area is 81.4 Å². The summed E-state index contributed by atoms with van der Waals surface area (Å²) in [5.41, 5.74) is 1.69. The molecule has 0 aromatic heterocycles. The van der Waals surface area contributed by atoms with Gasteiger partial charge in [0.1, 0.15) is 15.7 Å². The first kappa shape index (κ1) is 10.1. The Hall–Kier alpha value is -0.980. The normalized spacial score (nSPS) is 9.92. The van der Waals surface area contributed by atoms with Crippen LogP contribution in [-0.2, 0) is 0 Å². The molecule has 0 bridgehead atoms. The Morgan fingerprint density at radius 3 is 2.23 bits per heavy atom. The van der Waals surface area contributed by atoms with Crippen LogP contribution in [0.2, 0.25) is 0 Å². The average Bonchev–Trinajstić information content (AvgIpc) is 2.03. The Kier molecular flexibility index (Phi) is 3.35. The molecule has 4 radical (unpaired) electrons. The van der Waals surface area contributed by atoms with Crippen LogP contribution in [0.25, 0.3) is 0 Å². The molecule has 0 amide bonds. The summed E-state index contributed by atoms with van der Waals surface area (Å²) in [6.07, 6.45) is 1.39.